The van der Waals surface area contributed by atoms with E-state index in [1.54, 1.807) is 12.1 Å². The van der Waals surface area contributed by atoms with Crippen LogP contribution in [0.3, 0.4) is 0 Å². The molecule has 0 saturated carbocycles. The van der Waals surface area contributed by atoms with Gasteiger partial charge in [0.1, 0.15) is 6.04 Å². The maximum Gasteiger partial charge on any atom is 0.416 e. The number of nitrogens with zero attached hydrogens (tertiary/aromatic N) is 1. The molecule has 5 nitrogen and oxygen atoms in total. The van der Waals surface area contributed by atoms with E-state index in [4.69, 9.17) is 0 Å². The van der Waals surface area contributed by atoms with Crippen molar-refractivity contribution in [1.82, 2.24) is 0 Å². The highest BCUT2D eigenvalue weighted by atomic mass is 32.2. The third-order valence-electron chi connectivity index (χ3n) is 4.56. The summed E-state index contributed by atoms with van der Waals surface area (Å²) in [5, 5.41) is 2.62. The van der Waals surface area contributed by atoms with Gasteiger partial charge < -0.3 is 5.32 Å². The molecule has 0 aliphatic rings. The topological polar surface area (TPSA) is 66.5 Å². The molecule has 1 N–H and O–H groups in total. The number of nitrogens with one attached hydrogen (secondary N) is 1. The van der Waals surface area contributed by atoms with Gasteiger partial charge in [-0.2, -0.15) is 13.2 Å². The molecule has 0 saturated heterocycles. The fraction of sp³-hybridized carbons (Fsp3) is 0.381. The number of sulfonamides is 1. The lowest BCUT2D eigenvalue weighted by atomic mass is 10.1. The van der Waals surface area contributed by atoms with Crippen molar-refractivity contribution < 1.29 is 26.4 Å². The van der Waals surface area contributed by atoms with E-state index < -0.39 is 33.7 Å². The number of unbranched alkanes of at least 4 members (excludes halogenated alkanes) is 1. The Hall–Kier alpha value is -2.55. The van der Waals surface area contributed by atoms with Crippen LogP contribution < -0.4 is 9.62 Å². The van der Waals surface area contributed by atoms with Gasteiger partial charge in [0.15, 0.2) is 0 Å². The minimum Gasteiger partial charge on any atom is -0.324 e. The number of alkyl halides is 3. The van der Waals surface area contributed by atoms with Gasteiger partial charge in [-0.05, 0) is 55.7 Å². The van der Waals surface area contributed by atoms with E-state index in [0.717, 1.165) is 43.2 Å². The number of halogens is 3. The number of aryl methyl sites for hydroxylation is 1. The molecular formula is C21H25F3N2O3S. The predicted molar refractivity (Wildman–Crippen MR) is 112 cm³/mol. The van der Waals surface area contributed by atoms with Crippen molar-refractivity contribution in [3.8, 4) is 0 Å². The molecule has 2 aromatic carbocycles. The van der Waals surface area contributed by atoms with Gasteiger partial charge in [-0.25, -0.2) is 8.42 Å². The van der Waals surface area contributed by atoms with Crippen LogP contribution in [0.15, 0.2) is 48.5 Å². The average molecular weight is 443 g/mol. The molecule has 0 aromatic heterocycles. The molecule has 9 heteroatoms. The van der Waals surface area contributed by atoms with Crippen molar-refractivity contribution in [2.24, 2.45) is 0 Å². The molecule has 0 fully saturated rings. The lowest BCUT2D eigenvalue weighted by Crippen LogP contribution is -2.45. The summed E-state index contributed by atoms with van der Waals surface area (Å²) in [6, 6.07) is 9.80. The minimum atomic E-state index is -4.63. The second-order valence-electron chi connectivity index (χ2n) is 7.07. The Labute approximate surface area is 175 Å². The summed E-state index contributed by atoms with van der Waals surface area (Å²) in [5.74, 6) is -0.654. The Kier molecular flexibility index (Phi) is 7.52. The van der Waals surface area contributed by atoms with E-state index in [0.29, 0.717) is 16.1 Å². The normalized spacial score (nSPS) is 13.0. The Morgan fingerprint density at radius 3 is 2.30 bits per heavy atom. The van der Waals surface area contributed by atoms with Crippen molar-refractivity contribution in [3.63, 3.8) is 0 Å². The van der Waals surface area contributed by atoms with Crippen molar-refractivity contribution in [1.29, 1.82) is 0 Å². The van der Waals surface area contributed by atoms with Gasteiger partial charge in [0.25, 0.3) is 0 Å². The standard InChI is InChI=1S/C21H25F3N2O3S/c1-4-5-7-16-10-12-18(13-11-16)25-20(27)15(2)26(30(3,28)29)19-9-6-8-17(14-19)21(22,23)24/h6,8-15H,4-5,7H2,1-3H3,(H,25,27). The van der Waals surface area contributed by atoms with Crippen LogP contribution in [0, 0.1) is 0 Å². The van der Waals surface area contributed by atoms with Crippen LogP contribution in [0.5, 0.6) is 0 Å². The summed E-state index contributed by atoms with van der Waals surface area (Å²) in [4.78, 5) is 12.7. The van der Waals surface area contributed by atoms with Crippen molar-refractivity contribution in [2.75, 3.05) is 15.9 Å². The summed E-state index contributed by atoms with van der Waals surface area (Å²) in [6.07, 6.45) is -0.766. The first-order valence-electron chi connectivity index (χ1n) is 9.50. The minimum absolute atomic E-state index is 0.232. The monoisotopic (exact) mass is 442 g/mol. The third-order valence-corrected chi connectivity index (χ3v) is 5.80. The van der Waals surface area contributed by atoms with Gasteiger partial charge in [-0.3, -0.25) is 9.10 Å². The zero-order valence-corrected chi connectivity index (χ0v) is 17.8. The van der Waals surface area contributed by atoms with Crippen molar-refractivity contribution in [3.05, 3.63) is 59.7 Å². The fourth-order valence-electron chi connectivity index (χ4n) is 3.01. The molecule has 0 spiro atoms. The largest absolute Gasteiger partial charge is 0.416 e. The third kappa shape index (κ3) is 6.22. The Balaban J connectivity index is 2.25. The van der Waals surface area contributed by atoms with Crippen LogP contribution in [-0.4, -0.2) is 26.6 Å². The number of anilines is 2. The molecule has 164 valence electrons. The first-order valence-corrected chi connectivity index (χ1v) is 11.3. The van der Waals surface area contributed by atoms with Crippen molar-refractivity contribution in [2.45, 2.75) is 45.3 Å². The van der Waals surface area contributed by atoms with Crippen LogP contribution in [0.4, 0.5) is 24.5 Å². The smallest absolute Gasteiger partial charge is 0.324 e. The molecule has 1 unspecified atom stereocenters. The van der Waals surface area contributed by atoms with Crippen LogP contribution in [0.25, 0.3) is 0 Å². The first-order chi connectivity index (χ1) is 13.9. The molecule has 2 aromatic rings. The molecule has 0 bridgehead atoms. The second-order valence-corrected chi connectivity index (χ2v) is 8.93. The Morgan fingerprint density at radius 2 is 1.77 bits per heavy atom. The number of carbonyl (C=O) groups is 1. The van der Waals surface area contributed by atoms with Crippen LogP contribution in [0.1, 0.15) is 37.8 Å². The van der Waals surface area contributed by atoms with Gasteiger partial charge in [0, 0.05) is 5.69 Å². The highest BCUT2D eigenvalue weighted by molar-refractivity contribution is 7.92. The highest BCUT2D eigenvalue weighted by Crippen LogP contribution is 2.33. The molecule has 30 heavy (non-hydrogen) atoms. The predicted octanol–water partition coefficient (Wildman–Crippen LogP) is 4.84. The number of carbonyl (C=O) groups excluding carboxylic acids is 1. The van der Waals surface area contributed by atoms with Crippen LogP contribution >= 0.6 is 0 Å². The van der Waals surface area contributed by atoms with Crippen LogP contribution in [-0.2, 0) is 27.4 Å². The number of benzene rings is 2. The zero-order valence-electron chi connectivity index (χ0n) is 17.0. The van der Waals surface area contributed by atoms with E-state index in [1.165, 1.54) is 13.0 Å². The van der Waals surface area contributed by atoms with Crippen molar-refractivity contribution >= 4 is 27.3 Å². The summed E-state index contributed by atoms with van der Waals surface area (Å²) in [7, 11) is -4.03. The average Bonchev–Trinajstić information content (AvgIpc) is 2.66. The quantitative estimate of drug-likeness (QED) is 0.636. The summed E-state index contributed by atoms with van der Waals surface area (Å²) >= 11 is 0. The van der Waals surface area contributed by atoms with Gasteiger partial charge >= 0.3 is 6.18 Å². The summed E-state index contributed by atoms with van der Waals surface area (Å²) < 4.78 is 64.4. The number of hydrogen-bond acceptors (Lipinski definition) is 3. The molecule has 1 atom stereocenters. The molecule has 1 amide bonds. The van der Waals surface area contributed by atoms with Gasteiger partial charge in [-0.1, -0.05) is 31.5 Å². The molecule has 0 radical (unpaired) electrons. The Morgan fingerprint density at radius 1 is 1.13 bits per heavy atom. The maximum atomic E-state index is 13.0. The van der Waals surface area contributed by atoms with Gasteiger partial charge in [0.05, 0.1) is 17.5 Å². The highest BCUT2D eigenvalue weighted by Gasteiger charge is 2.34. The first kappa shape index (κ1) is 23.7. The summed E-state index contributed by atoms with van der Waals surface area (Å²) in [5.41, 5.74) is 0.364. The summed E-state index contributed by atoms with van der Waals surface area (Å²) in [6.45, 7) is 3.42. The van der Waals surface area contributed by atoms with E-state index in [9.17, 15) is 26.4 Å². The van der Waals surface area contributed by atoms with E-state index in [-0.39, 0.29) is 5.69 Å². The lowest BCUT2D eigenvalue weighted by Gasteiger charge is -2.28. The molecule has 2 rings (SSSR count). The lowest BCUT2D eigenvalue weighted by molar-refractivity contribution is -0.137. The second kappa shape index (κ2) is 9.51. The molecule has 0 aliphatic heterocycles. The zero-order chi connectivity index (χ0) is 22.5. The van der Waals surface area contributed by atoms with Crippen LogP contribution in [0.2, 0.25) is 0 Å². The molecular weight excluding hydrogens is 417 g/mol. The van der Waals surface area contributed by atoms with E-state index >= 15 is 0 Å². The fourth-order valence-corrected chi connectivity index (χ4v) is 4.18. The van der Waals surface area contributed by atoms with Gasteiger partial charge in [0.2, 0.25) is 15.9 Å². The number of hydrogen-bond donors (Lipinski definition) is 1. The molecule has 0 aliphatic carbocycles. The van der Waals surface area contributed by atoms with Gasteiger partial charge in [-0.15, -0.1) is 0 Å². The number of amides is 1. The Bertz CT molecular complexity index is 974. The SMILES string of the molecule is CCCCc1ccc(NC(=O)C(C)N(c2cccc(C(F)(F)F)c2)S(C)(=O)=O)cc1. The van der Waals surface area contributed by atoms with E-state index in [1.807, 2.05) is 12.1 Å². The van der Waals surface area contributed by atoms with E-state index in [2.05, 4.69) is 12.2 Å². The maximum absolute atomic E-state index is 13.0. The number of rotatable bonds is 8. The molecule has 0 heterocycles.